The van der Waals surface area contributed by atoms with Crippen molar-refractivity contribution in [2.75, 3.05) is 26.2 Å². The Hall–Kier alpha value is -2.99. The number of likely N-dealkylation sites (tertiary alicyclic amines) is 1. The Balaban J connectivity index is 2.04. The quantitative estimate of drug-likeness (QED) is 0.398. The van der Waals surface area contributed by atoms with Gasteiger partial charge in [0.25, 0.3) is 11.7 Å². The van der Waals surface area contributed by atoms with Gasteiger partial charge < -0.3 is 14.9 Å². The van der Waals surface area contributed by atoms with Gasteiger partial charge in [0.05, 0.1) is 11.6 Å². The molecule has 2 heterocycles. The van der Waals surface area contributed by atoms with Gasteiger partial charge in [-0.15, -0.1) is 0 Å². The molecule has 1 fully saturated rings. The molecular formula is C25H31N3O3. The third-order valence-electron chi connectivity index (χ3n) is 5.96. The van der Waals surface area contributed by atoms with Crippen molar-refractivity contribution in [1.82, 2.24) is 14.8 Å². The number of aliphatic hydroxyl groups excluding tert-OH is 1. The molecule has 1 aliphatic rings. The van der Waals surface area contributed by atoms with Crippen molar-refractivity contribution in [2.24, 2.45) is 0 Å². The van der Waals surface area contributed by atoms with Crippen LogP contribution in [0.2, 0.25) is 0 Å². The minimum Gasteiger partial charge on any atom is -0.507 e. The minimum atomic E-state index is -0.648. The van der Waals surface area contributed by atoms with Crippen molar-refractivity contribution >= 4 is 17.4 Å². The summed E-state index contributed by atoms with van der Waals surface area (Å²) in [5.41, 5.74) is 3.25. The largest absolute Gasteiger partial charge is 0.507 e. The fraction of sp³-hybridized carbons (Fsp3) is 0.400. The lowest BCUT2D eigenvalue weighted by Crippen LogP contribution is -2.33. The van der Waals surface area contributed by atoms with Crippen LogP contribution in [0, 0.1) is 13.8 Å². The first kappa shape index (κ1) is 22.7. The molecule has 0 radical (unpaired) electrons. The molecule has 3 rings (SSSR count). The number of amides is 1. The van der Waals surface area contributed by atoms with E-state index in [2.05, 4.69) is 23.7 Å². The standard InChI is InChI=1S/C25H31N3O3/c1-5-27(6-2)13-8-14-28-22(19-9-7-12-26-16-19)21(24(30)25(28)31)23(29)20-15-17(3)10-11-18(20)4/h7,9-12,15-16,22,29H,5-6,8,13-14H2,1-4H3/b23-21+. The van der Waals surface area contributed by atoms with Gasteiger partial charge in [-0.1, -0.05) is 37.6 Å². The summed E-state index contributed by atoms with van der Waals surface area (Å²) < 4.78 is 0. The second kappa shape index (κ2) is 9.88. The van der Waals surface area contributed by atoms with Gasteiger partial charge in [-0.25, -0.2) is 0 Å². The van der Waals surface area contributed by atoms with Crippen molar-refractivity contribution in [3.8, 4) is 0 Å². The number of rotatable bonds is 8. The number of carbonyl (C=O) groups is 2. The van der Waals surface area contributed by atoms with E-state index in [-0.39, 0.29) is 11.3 Å². The summed E-state index contributed by atoms with van der Waals surface area (Å²) in [7, 11) is 0. The van der Waals surface area contributed by atoms with E-state index in [4.69, 9.17) is 0 Å². The molecule has 1 aromatic carbocycles. The zero-order valence-electron chi connectivity index (χ0n) is 18.8. The Morgan fingerprint density at radius 3 is 2.55 bits per heavy atom. The lowest BCUT2D eigenvalue weighted by molar-refractivity contribution is -0.140. The molecule has 1 amide bonds. The molecule has 1 saturated heterocycles. The predicted molar refractivity (Wildman–Crippen MR) is 122 cm³/mol. The topological polar surface area (TPSA) is 73.7 Å². The number of hydrogen-bond donors (Lipinski definition) is 1. The normalized spacial score (nSPS) is 18.2. The first-order valence-electron chi connectivity index (χ1n) is 10.9. The van der Waals surface area contributed by atoms with Gasteiger partial charge in [-0.2, -0.15) is 0 Å². The van der Waals surface area contributed by atoms with Crippen LogP contribution in [0.3, 0.4) is 0 Å². The van der Waals surface area contributed by atoms with E-state index in [0.29, 0.717) is 12.1 Å². The summed E-state index contributed by atoms with van der Waals surface area (Å²) >= 11 is 0. The molecule has 6 nitrogen and oxygen atoms in total. The SMILES string of the molecule is CCN(CC)CCCN1C(=O)C(=O)/C(=C(/O)c2cc(C)ccc2C)C1c1cccnc1. The molecule has 0 bridgehead atoms. The highest BCUT2D eigenvalue weighted by Crippen LogP contribution is 2.39. The maximum Gasteiger partial charge on any atom is 0.295 e. The van der Waals surface area contributed by atoms with E-state index in [1.807, 2.05) is 38.1 Å². The van der Waals surface area contributed by atoms with Crippen LogP contribution < -0.4 is 0 Å². The number of aliphatic hydroxyl groups is 1. The lowest BCUT2D eigenvalue weighted by Gasteiger charge is -2.26. The van der Waals surface area contributed by atoms with Gasteiger partial charge >= 0.3 is 0 Å². The van der Waals surface area contributed by atoms with Gasteiger partial charge in [0.15, 0.2) is 0 Å². The van der Waals surface area contributed by atoms with Gasteiger partial charge in [0, 0.05) is 24.5 Å². The molecule has 1 unspecified atom stereocenters. The zero-order valence-corrected chi connectivity index (χ0v) is 18.8. The summed E-state index contributed by atoms with van der Waals surface area (Å²) in [6.45, 7) is 11.2. The second-order valence-corrected chi connectivity index (χ2v) is 7.98. The maximum absolute atomic E-state index is 13.1. The van der Waals surface area contributed by atoms with Crippen LogP contribution in [-0.4, -0.2) is 57.8 Å². The van der Waals surface area contributed by atoms with Crippen molar-refractivity contribution in [1.29, 1.82) is 0 Å². The average Bonchev–Trinajstić information content (AvgIpc) is 3.03. The Kier molecular flexibility index (Phi) is 7.23. The molecule has 1 N–H and O–H groups in total. The first-order valence-corrected chi connectivity index (χ1v) is 10.9. The Morgan fingerprint density at radius 2 is 1.90 bits per heavy atom. The third-order valence-corrected chi connectivity index (χ3v) is 5.96. The van der Waals surface area contributed by atoms with Gasteiger partial charge in [-0.3, -0.25) is 14.6 Å². The van der Waals surface area contributed by atoms with Crippen molar-refractivity contribution in [2.45, 2.75) is 40.2 Å². The molecule has 2 aromatic rings. The van der Waals surface area contributed by atoms with Gasteiger partial charge in [-0.05, 0) is 63.2 Å². The molecule has 0 saturated carbocycles. The Labute approximate surface area is 184 Å². The van der Waals surface area contributed by atoms with E-state index in [0.717, 1.165) is 42.7 Å². The summed E-state index contributed by atoms with van der Waals surface area (Å²) in [6.07, 6.45) is 4.06. The van der Waals surface area contributed by atoms with Crippen LogP contribution in [0.25, 0.3) is 5.76 Å². The average molecular weight is 422 g/mol. The molecular weight excluding hydrogens is 390 g/mol. The van der Waals surface area contributed by atoms with Crippen LogP contribution in [0.15, 0.2) is 48.3 Å². The number of ketones is 1. The number of benzene rings is 1. The molecule has 0 spiro atoms. The minimum absolute atomic E-state index is 0.125. The van der Waals surface area contributed by atoms with E-state index in [9.17, 15) is 14.7 Å². The number of Topliss-reactive ketones (excluding diaryl/α,β-unsaturated/α-hetero) is 1. The van der Waals surface area contributed by atoms with Crippen LogP contribution in [0.4, 0.5) is 0 Å². The van der Waals surface area contributed by atoms with Crippen LogP contribution in [0.1, 0.15) is 48.6 Å². The number of hydrogen-bond acceptors (Lipinski definition) is 5. The van der Waals surface area contributed by atoms with Gasteiger partial charge in [0.1, 0.15) is 5.76 Å². The molecule has 6 heteroatoms. The van der Waals surface area contributed by atoms with E-state index in [1.165, 1.54) is 0 Å². The van der Waals surface area contributed by atoms with Crippen LogP contribution >= 0.6 is 0 Å². The Morgan fingerprint density at radius 1 is 1.16 bits per heavy atom. The molecule has 164 valence electrons. The van der Waals surface area contributed by atoms with Crippen molar-refractivity contribution < 1.29 is 14.7 Å². The first-order chi connectivity index (χ1) is 14.9. The van der Waals surface area contributed by atoms with Crippen LogP contribution in [-0.2, 0) is 9.59 Å². The number of aryl methyl sites for hydroxylation is 2. The summed E-state index contributed by atoms with van der Waals surface area (Å²) in [5, 5.41) is 11.2. The monoisotopic (exact) mass is 421 g/mol. The fourth-order valence-electron chi connectivity index (χ4n) is 4.14. The Bertz CT molecular complexity index is 981. The molecule has 1 aromatic heterocycles. The molecule has 31 heavy (non-hydrogen) atoms. The highest BCUT2D eigenvalue weighted by molar-refractivity contribution is 6.46. The second-order valence-electron chi connectivity index (χ2n) is 7.98. The molecule has 1 aliphatic heterocycles. The summed E-state index contributed by atoms with van der Waals surface area (Å²) in [4.78, 5) is 34.1. The fourth-order valence-corrected chi connectivity index (χ4v) is 4.14. The maximum atomic E-state index is 13.1. The summed E-state index contributed by atoms with van der Waals surface area (Å²) in [5.74, 6) is -1.34. The van der Waals surface area contributed by atoms with E-state index >= 15 is 0 Å². The lowest BCUT2D eigenvalue weighted by atomic mass is 9.94. The molecule has 0 aliphatic carbocycles. The van der Waals surface area contributed by atoms with Crippen LogP contribution in [0.5, 0.6) is 0 Å². The molecule has 1 atom stereocenters. The smallest absolute Gasteiger partial charge is 0.295 e. The third kappa shape index (κ3) is 4.69. The van der Waals surface area contributed by atoms with Gasteiger partial charge in [0.2, 0.25) is 0 Å². The van der Waals surface area contributed by atoms with Crippen molar-refractivity contribution in [3.63, 3.8) is 0 Å². The van der Waals surface area contributed by atoms with Crippen molar-refractivity contribution in [3.05, 3.63) is 70.6 Å². The number of aromatic nitrogens is 1. The van der Waals surface area contributed by atoms with E-state index < -0.39 is 17.7 Å². The zero-order chi connectivity index (χ0) is 22.5. The summed E-state index contributed by atoms with van der Waals surface area (Å²) in [6, 6.07) is 8.68. The highest BCUT2D eigenvalue weighted by atomic mass is 16.3. The number of nitrogens with zero attached hydrogens (tertiary/aromatic N) is 3. The van der Waals surface area contributed by atoms with E-state index in [1.54, 1.807) is 23.4 Å². The number of carbonyl (C=O) groups excluding carboxylic acids is 2. The number of pyridine rings is 1. The highest BCUT2D eigenvalue weighted by Gasteiger charge is 2.46. The predicted octanol–water partition coefficient (Wildman–Crippen LogP) is 3.85.